The van der Waals surface area contributed by atoms with E-state index in [1.165, 1.54) is 0 Å². The Morgan fingerprint density at radius 1 is 1.16 bits per heavy atom. The first-order valence-corrected chi connectivity index (χ1v) is 12.4. The Morgan fingerprint density at radius 3 is 2.72 bits per heavy atom. The largest absolute Gasteiger partial charge is 0.487 e. The lowest BCUT2D eigenvalue weighted by atomic mass is 9.81. The molecular weight excluding hydrogens is 452 g/mol. The number of rotatable bonds is 4. The van der Waals surface area contributed by atoms with Crippen molar-refractivity contribution in [3.63, 3.8) is 0 Å². The van der Waals surface area contributed by atoms with Crippen LogP contribution in [0, 0.1) is 5.92 Å². The van der Waals surface area contributed by atoms with Gasteiger partial charge in [0.2, 0.25) is 10.9 Å². The summed E-state index contributed by atoms with van der Waals surface area (Å²) in [5.41, 5.74) is 3.20. The van der Waals surface area contributed by atoms with Crippen LogP contribution in [0.2, 0.25) is 5.02 Å². The quantitative estimate of drug-likeness (QED) is 0.584. The van der Waals surface area contributed by atoms with E-state index in [1.807, 2.05) is 22.9 Å². The number of hydrogen-bond donors (Lipinski definition) is 3. The first-order chi connectivity index (χ1) is 15.4. The van der Waals surface area contributed by atoms with Gasteiger partial charge in [0, 0.05) is 29.6 Å². The Hall–Kier alpha value is -2.29. The highest BCUT2D eigenvalue weighted by Gasteiger charge is 2.31. The fraction of sp³-hybridized carbons (Fsp3) is 0.435. The molecule has 1 heterocycles. The zero-order valence-electron chi connectivity index (χ0n) is 17.6. The Labute approximate surface area is 194 Å². The van der Waals surface area contributed by atoms with Crippen molar-refractivity contribution in [1.29, 1.82) is 0 Å². The van der Waals surface area contributed by atoms with Crippen LogP contribution >= 0.6 is 11.6 Å². The maximum absolute atomic E-state index is 12.3. The van der Waals surface area contributed by atoms with Gasteiger partial charge in [-0.15, -0.1) is 0 Å². The number of anilines is 1. The number of carbonyl (C=O) groups excluding carboxylic acids is 1. The molecule has 0 aromatic heterocycles. The molecule has 2 aromatic carbocycles. The second kappa shape index (κ2) is 10.1. The van der Waals surface area contributed by atoms with E-state index in [4.69, 9.17) is 16.3 Å². The predicted octanol–water partition coefficient (Wildman–Crippen LogP) is 3.09. The van der Waals surface area contributed by atoms with E-state index in [9.17, 15) is 18.3 Å². The van der Waals surface area contributed by atoms with Crippen LogP contribution < -0.4 is 14.4 Å². The molecule has 32 heavy (non-hydrogen) atoms. The van der Waals surface area contributed by atoms with Crippen molar-refractivity contribution in [2.45, 2.75) is 44.8 Å². The molecule has 1 saturated carbocycles. The molecule has 2 aromatic rings. The van der Waals surface area contributed by atoms with Gasteiger partial charge in [-0.2, -0.15) is 0 Å². The molecular formula is C23H27ClN2O5S. The Morgan fingerprint density at radius 2 is 2.00 bits per heavy atom. The third-order valence-electron chi connectivity index (χ3n) is 6.26. The Kier molecular flexibility index (Phi) is 7.23. The molecule has 0 radical (unpaired) electrons. The summed E-state index contributed by atoms with van der Waals surface area (Å²) >= 11 is 6.20. The van der Waals surface area contributed by atoms with Crippen molar-refractivity contribution in [2.24, 2.45) is 5.92 Å². The lowest BCUT2D eigenvalue weighted by molar-refractivity contribution is 0.0280. The molecule has 0 saturated heterocycles. The number of halogens is 1. The highest BCUT2D eigenvalue weighted by molar-refractivity contribution is 7.71. The van der Waals surface area contributed by atoms with Crippen molar-refractivity contribution >= 4 is 34.1 Å². The fourth-order valence-corrected chi connectivity index (χ4v) is 4.76. The molecule has 1 unspecified atom stereocenters. The number of thiol groups is 1. The standard InChI is InChI=1S/C23H27ClN2O5S/c24-19-7-4-18-14-31-22-9-6-16(23(28)25-32(29)30)12-20(22)26(13-17-5-8-21(17)27)10-2-1-3-15(18)11-19/h4,6-7,9,11-12,17,21,27,32H,1-3,5,8,10,13-14H2,(H,25,28,29,30)/t17-,21?/m0/s1. The summed E-state index contributed by atoms with van der Waals surface area (Å²) in [5, 5.41) is 10.8. The topological polar surface area (TPSA) is 95.9 Å². The van der Waals surface area contributed by atoms with E-state index in [0.29, 0.717) is 23.9 Å². The molecule has 2 N–H and O–H groups in total. The summed E-state index contributed by atoms with van der Waals surface area (Å²) in [7, 11) is -3.04. The van der Waals surface area contributed by atoms with Gasteiger partial charge in [-0.3, -0.25) is 9.52 Å². The minimum absolute atomic E-state index is 0.164. The first kappa shape index (κ1) is 22.9. The van der Waals surface area contributed by atoms with Gasteiger partial charge in [-0.05, 0) is 73.6 Å². The van der Waals surface area contributed by atoms with E-state index >= 15 is 0 Å². The lowest BCUT2D eigenvalue weighted by Gasteiger charge is -2.38. The lowest BCUT2D eigenvalue weighted by Crippen LogP contribution is -2.42. The summed E-state index contributed by atoms with van der Waals surface area (Å²) in [4.78, 5) is 14.5. The Bertz CT molecular complexity index is 1070. The van der Waals surface area contributed by atoms with Crippen molar-refractivity contribution in [1.82, 2.24) is 4.72 Å². The van der Waals surface area contributed by atoms with Gasteiger partial charge >= 0.3 is 0 Å². The third kappa shape index (κ3) is 5.36. The van der Waals surface area contributed by atoms with Gasteiger partial charge in [0.1, 0.15) is 12.4 Å². The maximum atomic E-state index is 12.3. The number of fused-ring (bicyclic) bond motifs is 2. The van der Waals surface area contributed by atoms with Gasteiger partial charge in [-0.1, -0.05) is 17.7 Å². The molecule has 2 atom stereocenters. The van der Waals surface area contributed by atoms with Crippen LogP contribution in [-0.4, -0.2) is 38.6 Å². The zero-order valence-corrected chi connectivity index (χ0v) is 19.3. The molecule has 9 heteroatoms. The van der Waals surface area contributed by atoms with Gasteiger partial charge in [0.05, 0.1) is 11.8 Å². The van der Waals surface area contributed by atoms with Gasteiger partial charge in [0.15, 0.2) is 0 Å². The molecule has 1 fully saturated rings. The van der Waals surface area contributed by atoms with Crippen LogP contribution in [0.1, 0.15) is 47.2 Å². The van der Waals surface area contributed by atoms with Crippen molar-refractivity contribution in [2.75, 3.05) is 18.0 Å². The second-order valence-corrected chi connectivity index (χ2v) is 9.56. The average molecular weight is 479 g/mol. The number of nitrogens with one attached hydrogen (secondary N) is 1. The highest BCUT2D eigenvalue weighted by Crippen LogP contribution is 2.36. The molecule has 172 valence electrons. The number of ether oxygens (including phenoxy) is 1. The maximum Gasteiger partial charge on any atom is 0.264 e. The first-order valence-electron chi connectivity index (χ1n) is 10.8. The minimum Gasteiger partial charge on any atom is -0.487 e. The molecule has 7 nitrogen and oxygen atoms in total. The minimum atomic E-state index is -3.04. The summed E-state index contributed by atoms with van der Waals surface area (Å²) < 4.78 is 30.0. The number of hydrogen-bond acceptors (Lipinski definition) is 6. The van der Waals surface area contributed by atoms with Crippen LogP contribution in [0.5, 0.6) is 5.75 Å². The van der Waals surface area contributed by atoms with E-state index in [1.54, 1.807) is 18.2 Å². The van der Waals surface area contributed by atoms with Crippen LogP contribution in [-0.2, 0) is 23.9 Å². The van der Waals surface area contributed by atoms with E-state index in [-0.39, 0.29) is 17.6 Å². The number of aliphatic hydroxyl groups excluding tert-OH is 1. The molecule has 1 aliphatic heterocycles. The van der Waals surface area contributed by atoms with Crippen LogP contribution in [0.4, 0.5) is 5.69 Å². The van der Waals surface area contributed by atoms with Crippen LogP contribution in [0.25, 0.3) is 0 Å². The molecule has 1 aliphatic carbocycles. The van der Waals surface area contributed by atoms with E-state index in [0.717, 1.165) is 55.5 Å². The number of carbonyl (C=O) groups is 1. The fourth-order valence-electron chi connectivity index (χ4n) is 4.27. The molecule has 2 aliphatic rings. The number of nitrogens with zero attached hydrogens (tertiary/aromatic N) is 1. The van der Waals surface area contributed by atoms with E-state index in [2.05, 4.69) is 4.90 Å². The van der Waals surface area contributed by atoms with Gasteiger partial charge < -0.3 is 14.7 Å². The summed E-state index contributed by atoms with van der Waals surface area (Å²) in [6.07, 6.45) is 4.20. The predicted molar refractivity (Wildman–Crippen MR) is 124 cm³/mol. The third-order valence-corrected chi connectivity index (χ3v) is 6.88. The van der Waals surface area contributed by atoms with E-state index < -0.39 is 16.8 Å². The van der Waals surface area contributed by atoms with Gasteiger partial charge in [0.25, 0.3) is 5.91 Å². The highest BCUT2D eigenvalue weighted by atomic mass is 35.5. The molecule has 0 spiro atoms. The number of benzene rings is 2. The number of aliphatic hydroxyl groups is 1. The number of amides is 1. The summed E-state index contributed by atoms with van der Waals surface area (Å²) in [6.45, 7) is 1.74. The molecule has 1 amide bonds. The van der Waals surface area contributed by atoms with Crippen molar-refractivity contribution in [3.8, 4) is 5.75 Å². The average Bonchev–Trinajstić information content (AvgIpc) is 2.79. The normalized spacial score (nSPS) is 20.9. The van der Waals surface area contributed by atoms with Crippen molar-refractivity contribution < 1.29 is 23.1 Å². The number of aryl methyl sites for hydroxylation is 1. The molecule has 4 rings (SSSR count). The molecule has 0 bridgehead atoms. The SMILES string of the molecule is O=C(N[SH](=O)=O)c1ccc2c(c1)N(C[C@@H]1CCC1O)CCCCc1cc(Cl)ccc1CO2. The van der Waals surface area contributed by atoms with Crippen LogP contribution in [0.3, 0.4) is 0 Å². The Balaban J connectivity index is 1.68. The van der Waals surface area contributed by atoms with Gasteiger partial charge in [-0.25, -0.2) is 8.42 Å². The second-order valence-electron chi connectivity index (χ2n) is 8.39. The zero-order chi connectivity index (χ0) is 22.7. The smallest absolute Gasteiger partial charge is 0.264 e. The van der Waals surface area contributed by atoms with Crippen molar-refractivity contribution in [3.05, 3.63) is 58.1 Å². The van der Waals surface area contributed by atoms with Crippen LogP contribution in [0.15, 0.2) is 36.4 Å². The monoisotopic (exact) mass is 478 g/mol. The summed E-state index contributed by atoms with van der Waals surface area (Å²) in [6, 6.07) is 10.8. The summed E-state index contributed by atoms with van der Waals surface area (Å²) in [5.74, 6) is 0.101.